The van der Waals surface area contributed by atoms with Gasteiger partial charge in [-0.15, -0.1) is 0 Å². The van der Waals surface area contributed by atoms with Gasteiger partial charge in [0.15, 0.2) is 0 Å². The Morgan fingerprint density at radius 1 is 1.27 bits per heavy atom. The highest BCUT2D eigenvalue weighted by atomic mass is 16.5. The smallest absolute Gasteiger partial charge is 0.119 e. The second kappa shape index (κ2) is 11.0. The lowest BCUT2D eigenvalue weighted by Crippen LogP contribution is -2.55. The molecule has 0 aromatic heterocycles. The van der Waals surface area contributed by atoms with Crippen molar-refractivity contribution >= 4 is 0 Å². The molecule has 1 aromatic rings. The Kier molecular flexibility index (Phi) is 8.95. The molecule has 0 amide bonds. The lowest BCUT2D eigenvalue weighted by atomic mass is 9.70. The predicted molar refractivity (Wildman–Crippen MR) is 127 cm³/mol. The highest BCUT2D eigenvalue weighted by molar-refractivity contribution is 5.31. The van der Waals surface area contributed by atoms with Crippen LogP contribution in [0.4, 0.5) is 0 Å². The van der Waals surface area contributed by atoms with E-state index >= 15 is 0 Å². The van der Waals surface area contributed by atoms with Crippen LogP contribution in [0.3, 0.4) is 0 Å². The fourth-order valence-corrected chi connectivity index (χ4v) is 4.14. The molecule has 1 aromatic carbocycles. The zero-order chi connectivity index (χ0) is 22.2. The number of nitrogens with zero attached hydrogens (tertiary/aromatic N) is 1. The van der Waals surface area contributed by atoms with Crippen LogP contribution in [0.5, 0.6) is 5.75 Å². The van der Waals surface area contributed by atoms with Crippen LogP contribution >= 0.6 is 0 Å². The highest BCUT2D eigenvalue weighted by Crippen LogP contribution is 2.38. The maximum Gasteiger partial charge on any atom is 0.119 e. The number of hydrogen-bond acceptors (Lipinski definition) is 5. The van der Waals surface area contributed by atoms with Crippen molar-refractivity contribution in [3.05, 3.63) is 54.3 Å². The molecule has 0 saturated carbocycles. The third-order valence-corrected chi connectivity index (χ3v) is 6.74. The van der Waals surface area contributed by atoms with Gasteiger partial charge in [-0.05, 0) is 63.0 Å². The molecular formula is C25H42N4O. The van der Waals surface area contributed by atoms with Crippen LogP contribution in [-0.2, 0) is 0 Å². The Balaban J connectivity index is 2.30. The fourth-order valence-electron chi connectivity index (χ4n) is 4.14. The molecule has 3 N–H and O–H groups in total. The van der Waals surface area contributed by atoms with Gasteiger partial charge < -0.3 is 20.4 Å². The molecule has 1 aliphatic heterocycles. The number of hydrogen-bond donors (Lipinski definition) is 3. The predicted octanol–water partition coefficient (Wildman–Crippen LogP) is 4.41. The SMILES string of the molecule is C=C(/C=C\C(C)(C)[C@](C)(CC)NC(CN1CCCC1)c1cccc(OC)c1)NNC. The molecule has 5 nitrogen and oxygen atoms in total. The van der Waals surface area contributed by atoms with Crippen molar-refractivity contribution in [1.29, 1.82) is 0 Å². The molecule has 1 aliphatic rings. The molecule has 2 atom stereocenters. The Hall–Kier alpha value is -1.82. The standard InChI is InChI=1S/C25H42N4O/c1-8-25(5,24(3,4)15-14-20(2)28-26-6)27-23(19-29-16-9-10-17-29)21-12-11-13-22(18-21)30-7/h11-15,18,23,26-28H,2,8-10,16-17,19H2,1,3-7H3/b15-14-/t23?,25-/m0/s1. The van der Waals surface area contributed by atoms with Gasteiger partial charge in [-0.25, -0.2) is 5.43 Å². The first kappa shape index (κ1) is 24.4. The summed E-state index contributed by atoms with van der Waals surface area (Å²) in [6, 6.07) is 8.73. The van der Waals surface area contributed by atoms with Gasteiger partial charge in [0.25, 0.3) is 0 Å². The maximum atomic E-state index is 5.51. The molecule has 1 heterocycles. The fraction of sp³-hybridized carbons (Fsp3) is 0.600. The Morgan fingerprint density at radius 2 is 1.97 bits per heavy atom. The summed E-state index contributed by atoms with van der Waals surface area (Å²) in [4.78, 5) is 2.58. The third-order valence-electron chi connectivity index (χ3n) is 6.74. The number of hydrazine groups is 1. The molecule has 168 valence electrons. The van der Waals surface area contributed by atoms with Crippen LogP contribution in [0.2, 0.25) is 0 Å². The normalized spacial score (nSPS) is 18.3. The van der Waals surface area contributed by atoms with Crippen LogP contribution < -0.4 is 20.9 Å². The van der Waals surface area contributed by atoms with E-state index in [4.69, 9.17) is 4.74 Å². The lowest BCUT2D eigenvalue weighted by molar-refractivity contribution is 0.144. The minimum atomic E-state index is -0.100. The number of ether oxygens (including phenoxy) is 1. The second-order valence-electron chi connectivity index (χ2n) is 9.12. The van der Waals surface area contributed by atoms with E-state index in [1.807, 2.05) is 13.1 Å². The Morgan fingerprint density at radius 3 is 2.57 bits per heavy atom. The minimum Gasteiger partial charge on any atom is -0.497 e. The Bertz CT molecular complexity index is 709. The van der Waals surface area contributed by atoms with Gasteiger partial charge in [0.05, 0.1) is 7.11 Å². The molecule has 1 fully saturated rings. The first-order valence-electron chi connectivity index (χ1n) is 11.2. The zero-order valence-electron chi connectivity index (χ0n) is 19.8. The van der Waals surface area contributed by atoms with E-state index < -0.39 is 0 Å². The number of benzene rings is 1. The van der Waals surface area contributed by atoms with Gasteiger partial charge in [-0.3, -0.25) is 0 Å². The van der Waals surface area contributed by atoms with Crippen LogP contribution in [-0.4, -0.2) is 44.2 Å². The summed E-state index contributed by atoms with van der Waals surface area (Å²) in [6.07, 6.45) is 7.92. The molecule has 2 rings (SSSR count). The van der Waals surface area contributed by atoms with E-state index in [-0.39, 0.29) is 17.0 Å². The van der Waals surface area contributed by atoms with Gasteiger partial charge in [0, 0.05) is 36.3 Å². The van der Waals surface area contributed by atoms with E-state index in [9.17, 15) is 0 Å². The summed E-state index contributed by atoms with van der Waals surface area (Å²) in [5.74, 6) is 0.910. The summed E-state index contributed by atoms with van der Waals surface area (Å²) >= 11 is 0. The summed E-state index contributed by atoms with van der Waals surface area (Å²) in [5, 5.41) is 4.06. The van der Waals surface area contributed by atoms with E-state index in [0.717, 1.165) is 24.4 Å². The molecule has 1 saturated heterocycles. The topological polar surface area (TPSA) is 48.6 Å². The van der Waals surface area contributed by atoms with Crippen molar-refractivity contribution in [1.82, 2.24) is 21.1 Å². The van der Waals surface area contributed by atoms with Crippen molar-refractivity contribution in [3.8, 4) is 5.75 Å². The van der Waals surface area contributed by atoms with E-state index in [1.165, 1.54) is 31.5 Å². The van der Waals surface area contributed by atoms with Crippen LogP contribution in [0.15, 0.2) is 48.7 Å². The number of nitrogens with one attached hydrogen (secondary N) is 3. The van der Waals surface area contributed by atoms with Gasteiger partial charge in [0.1, 0.15) is 5.75 Å². The Labute approximate surface area is 183 Å². The maximum absolute atomic E-state index is 5.51. The zero-order valence-corrected chi connectivity index (χ0v) is 19.8. The molecule has 0 bridgehead atoms. The number of methoxy groups -OCH3 is 1. The van der Waals surface area contributed by atoms with Crippen molar-refractivity contribution < 1.29 is 4.74 Å². The van der Waals surface area contributed by atoms with Crippen LogP contribution in [0, 0.1) is 5.41 Å². The quantitative estimate of drug-likeness (QED) is 0.349. The molecule has 1 unspecified atom stereocenters. The van der Waals surface area contributed by atoms with Gasteiger partial charge in [0.2, 0.25) is 0 Å². The molecule has 0 radical (unpaired) electrons. The van der Waals surface area contributed by atoms with Gasteiger partial charge >= 0.3 is 0 Å². The summed E-state index contributed by atoms with van der Waals surface area (Å²) in [7, 11) is 3.58. The monoisotopic (exact) mass is 414 g/mol. The van der Waals surface area contributed by atoms with Crippen molar-refractivity contribution in [2.75, 3.05) is 33.8 Å². The number of rotatable bonds is 12. The highest BCUT2D eigenvalue weighted by Gasteiger charge is 2.39. The average Bonchev–Trinajstić information content (AvgIpc) is 3.25. The molecule has 0 spiro atoms. The molecule has 30 heavy (non-hydrogen) atoms. The van der Waals surface area contributed by atoms with E-state index in [2.05, 4.69) is 85.7 Å². The summed E-state index contributed by atoms with van der Waals surface area (Å²) in [6.45, 7) is 16.6. The van der Waals surface area contributed by atoms with E-state index in [0.29, 0.717) is 0 Å². The summed E-state index contributed by atoms with van der Waals surface area (Å²) < 4.78 is 5.51. The van der Waals surface area contributed by atoms with Crippen molar-refractivity contribution in [2.45, 2.75) is 58.5 Å². The largest absolute Gasteiger partial charge is 0.497 e. The molecule has 5 heteroatoms. The lowest BCUT2D eigenvalue weighted by Gasteiger charge is -2.46. The summed E-state index contributed by atoms with van der Waals surface area (Å²) in [5.41, 5.74) is 7.92. The average molecular weight is 415 g/mol. The molecule has 0 aliphatic carbocycles. The van der Waals surface area contributed by atoms with Gasteiger partial charge in [-0.2, -0.15) is 0 Å². The van der Waals surface area contributed by atoms with Crippen LogP contribution in [0.25, 0.3) is 0 Å². The van der Waals surface area contributed by atoms with Crippen molar-refractivity contribution in [3.63, 3.8) is 0 Å². The minimum absolute atomic E-state index is 0.0811. The molecular weight excluding hydrogens is 372 g/mol. The van der Waals surface area contributed by atoms with E-state index in [1.54, 1.807) is 7.11 Å². The first-order valence-corrected chi connectivity index (χ1v) is 11.2. The van der Waals surface area contributed by atoms with Crippen molar-refractivity contribution in [2.24, 2.45) is 5.41 Å². The first-order chi connectivity index (χ1) is 14.2. The number of likely N-dealkylation sites (tertiary alicyclic amines) is 1. The second-order valence-corrected chi connectivity index (χ2v) is 9.12. The third kappa shape index (κ3) is 6.34. The van der Waals surface area contributed by atoms with Gasteiger partial charge in [-0.1, -0.05) is 45.6 Å². The van der Waals surface area contributed by atoms with Crippen LogP contribution in [0.1, 0.15) is 58.6 Å². The number of allylic oxidation sites excluding steroid dienone is 1.